The van der Waals surface area contributed by atoms with Gasteiger partial charge in [-0.1, -0.05) is 36.4 Å². The SMILES string of the molecule is COc1ccc(C(O)CN(C)C(=O)CCCCc2ccccc2)cc1OC. The van der Waals surface area contributed by atoms with Crippen LogP contribution in [0, 0.1) is 0 Å². The molecule has 1 unspecified atom stereocenters. The van der Waals surface area contributed by atoms with Crippen LogP contribution >= 0.6 is 0 Å². The molecule has 1 atom stereocenters. The minimum Gasteiger partial charge on any atom is -0.493 e. The Morgan fingerprint density at radius 3 is 2.41 bits per heavy atom. The molecule has 1 amide bonds. The maximum absolute atomic E-state index is 12.3. The van der Waals surface area contributed by atoms with Crippen molar-refractivity contribution < 1.29 is 19.4 Å². The number of aliphatic hydroxyl groups is 1. The van der Waals surface area contributed by atoms with Crippen molar-refractivity contribution in [2.75, 3.05) is 27.8 Å². The number of aryl methyl sites for hydroxylation is 1. The number of carbonyl (C=O) groups excluding carboxylic acids is 1. The smallest absolute Gasteiger partial charge is 0.222 e. The molecule has 5 nitrogen and oxygen atoms in total. The third-order valence-corrected chi connectivity index (χ3v) is 4.61. The number of likely N-dealkylation sites (N-methyl/N-ethyl adjacent to an activating group) is 1. The number of aliphatic hydroxyl groups excluding tert-OH is 1. The predicted octanol–water partition coefficient (Wildman–Crippen LogP) is 3.61. The number of unbranched alkanes of at least 4 members (excludes halogenated alkanes) is 1. The first-order valence-corrected chi connectivity index (χ1v) is 9.23. The summed E-state index contributed by atoms with van der Waals surface area (Å²) in [7, 11) is 4.85. The number of methoxy groups -OCH3 is 2. The second-order valence-corrected chi connectivity index (χ2v) is 6.60. The lowest BCUT2D eigenvalue weighted by Crippen LogP contribution is -2.30. The maximum atomic E-state index is 12.3. The number of amides is 1. The van der Waals surface area contributed by atoms with Crippen LogP contribution in [0.15, 0.2) is 48.5 Å². The van der Waals surface area contributed by atoms with E-state index in [9.17, 15) is 9.90 Å². The van der Waals surface area contributed by atoms with Crippen molar-refractivity contribution in [3.8, 4) is 11.5 Å². The molecule has 0 aliphatic heterocycles. The Hall–Kier alpha value is -2.53. The first kappa shape index (κ1) is 20.8. The fraction of sp³-hybridized carbons (Fsp3) is 0.409. The summed E-state index contributed by atoms with van der Waals surface area (Å²) in [6, 6.07) is 15.6. The van der Waals surface area contributed by atoms with Crippen molar-refractivity contribution in [3.05, 3.63) is 59.7 Å². The van der Waals surface area contributed by atoms with Crippen molar-refractivity contribution in [1.29, 1.82) is 0 Å². The Morgan fingerprint density at radius 2 is 1.74 bits per heavy atom. The minimum absolute atomic E-state index is 0.0441. The van der Waals surface area contributed by atoms with Crippen LogP contribution in [0.25, 0.3) is 0 Å². The molecular weight excluding hydrogens is 342 g/mol. The Kier molecular flexibility index (Phi) is 8.14. The molecule has 0 aliphatic carbocycles. The average molecular weight is 371 g/mol. The summed E-state index contributed by atoms with van der Waals surface area (Å²) in [6.45, 7) is 0.243. The van der Waals surface area contributed by atoms with Crippen LogP contribution in [-0.4, -0.2) is 43.7 Å². The Labute approximate surface area is 161 Å². The summed E-state index contributed by atoms with van der Waals surface area (Å²) in [4.78, 5) is 13.9. The fourth-order valence-corrected chi connectivity index (χ4v) is 2.97. The Morgan fingerprint density at radius 1 is 1.04 bits per heavy atom. The number of nitrogens with zero attached hydrogens (tertiary/aromatic N) is 1. The summed E-state index contributed by atoms with van der Waals surface area (Å²) in [5, 5.41) is 10.5. The summed E-state index contributed by atoms with van der Waals surface area (Å²) < 4.78 is 10.5. The fourth-order valence-electron chi connectivity index (χ4n) is 2.97. The molecule has 0 spiro atoms. The zero-order valence-corrected chi connectivity index (χ0v) is 16.4. The quantitative estimate of drug-likeness (QED) is 0.648. The summed E-state index contributed by atoms with van der Waals surface area (Å²) >= 11 is 0. The van der Waals surface area contributed by atoms with Gasteiger partial charge in [0.15, 0.2) is 11.5 Å². The van der Waals surface area contributed by atoms with Crippen molar-refractivity contribution in [3.63, 3.8) is 0 Å². The summed E-state index contributed by atoms with van der Waals surface area (Å²) in [6.07, 6.45) is 2.50. The van der Waals surface area contributed by atoms with Crippen LogP contribution in [0.5, 0.6) is 11.5 Å². The lowest BCUT2D eigenvalue weighted by Gasteiger charge is -2.22. The maximum Gasteiger partial charge on any atom is 0.222 e. The normalized spacial score (nSPS) is 11.7. The average Bonchev–Trinajstić information content (AvgIpc) is 2.71. The number of hydrogen-bond acceptors (Lipinski definition) is 4. The molecule has 0 saturated carbocycles. The first-order chi connectivity index (χ1) is 13.0. The van der Waals surface area contributed by atoms with Crippen LogP contribution in [0.1, 0.15) is 36.5 Å². The molecule has 2 aromatic rings. The molecule has 0 aromatic heterocycles. The van der Waals surface area contributed by atoms with Crippen LogP contribution < -0.4 is 9.47 Å². The zero-order valence-electron chi connectivity index (χ0n) is 16.4. The molecule has 27 heavy (non-hydrogen) atoms. The second kappa shape index (κ2) is 10.6. The van der Waals surface area contributed by atoms with E-state index in [4.69, 9.17) is 9.47 Å². The van der Waals surface area contributed by atoms with Gasteiger partial charge in [-0.05, 0) is 42.5 Å². The Balaban J connectivity index is 1.79. The van der Waals surface area contributed by atoms with Gasteiger partial charge in [-0.3, -0.25) is 4.79 Å². The third-order valence-electron chi connectivity index (χ3n) is 4.61. The van der Waals surface area contributed by atoms with Crippen LogP contribution in [0.2, 0.25) is 0 Å². The van der Waals surface area contributed by atoms with Gasteiger partial charge in [0.25, 0.3) is 0 Å². The van der Waals surface area contributed by atoms with Gasteiger partial charge in [0.2, 0.25) is 5.91 Å². The highest BCUT2D eigenvalue weighted by atomic mass is 16.5. The number of carbonyl (C=O) groups is 1. The molecule has 0 saturated heterocycles. The number of hydrogen-bond donors (Lipinski definition) is 1. The molecule has 146 valence electrons. The number of ether oxygens (including phenoxy) is 2. The number of benzene rings is 2. The largest absolute Gasteiger partial charge is 0.493 e. The summed E-state index contributed by atoms with van der Waals surface area (Å²) in [5.74, 6) is 1.21. The highest BCUT2D eigenvalue weighted by Gasteiger charge is 2.16. The first-order valence-electron chi connectivity index (χ1n) is 9.23. The molecule has 1 N–H and O–H groups in total. The van der Waals surface area contributed by atoms with Gasteiger partial charge in [0.1, 0.15) is 0 Å². The molecule has 2 aromatic carbocycles. The molecule has 0 fully saturated rings. The van der Waals surface area contributed by atoms with Crippen molar-refractivity contribution >= 4 is 5.91 Å². The molecule has 0 bridgehead atoms. The van der Waals surface area contributed by atoms with Gasteiger partial charge in [-0.25, -0.2) is 0 Å². The topological polar surface area (TPSA) is 59.0 Å². The molecule has 0 radical (unpaired) electrons. The Bertz CT molecular complexity index is 718. The predicted molar refractivity (Wildman–Crippen MR) is 106 cm³/mol. The highest BCUT2D eigenvalue weighted by Crippen LogP contribution is 2.30. The van der Waals surface area contributed by atoms with E-state index in [-0.39, 0.29) is 12.5 Å². The summed E-state index contributed by atoms with van der Waals surface area (Å²) in [5.41, 5.74) is 1.98. The van der Waals surface area contributed by atoms with E-state index in [0.717, 1.165) is 19.3 Å². The molecular formula is C22H29NO4. The highest BCUT2D eigenvalue weighted by molar-refractivity contribution is 5.75. The van der Waals surface area contributed by atoms with E-state index >= 15 is 0 Å². The lowest BCUT2D eigenvalue weighted by atomic mass is 10.1. The van der Waals surface area contributed by atoms with E-state index in [1.807, 2.05) is 18.2 Å². The molecule has 2 rings (SSSR count). The van der Waals surface area contributed by atoms with Gasteiger partial charge in [0, 0.05) is 13.5 Å². The van der Waals surface area contributed by atoms with Crippen molar-refractivity contribution in [2.45, 2.75) is 31.8 Å². The van der Waals surface area contributed by atoms with Gasteiger partial charge >= 0.3 is 0 Å². The lowest BCUT2D eigenvalue weighted by molar-refractivity contribution is -0.131. The van der Waals surface area contributed by atoms with E-state index < -0.39 is 6.10 Å². The van der Waals surface area contributed by atoms with Crippen LogP contribution in [-0.2, 0) is 11.2 Å². The number of rotatable bonds is 10. The third kappa shape index (κ3) is 6.29. The zero-order chi connectivity index (χ0) is 19.6. The standard InChI is InChI=1S/C22H29NO4/c1-23(22(25)12-8-7-11-17-9-5-4-6-10-17)16-19(24)18-13-14-20(26-2)21(15-18)27-3/h4-6,9-10,13-15,19,24H,7-8,11-12,16H2,1-3H3. The van der Waals surface area contributed by atoms with E-state index in [1.54, 1.807) is 44.4 Å². The van der Waals surface area contributed by atoms with Gasteiger partial charge < -0.3 is 19.5 Å². The monoisotopic (exact) mass is 371 g/mol. The van der Waals surface area contributed by atoms with E-state index in [2.05, 4.69) is 12.1 Å². The van der Waals surface area contributed by atoms with Gasteiger partial charge in [0.05, 0.1) is 26.9 Å². The molecule has 0 heterocycles. The van der Waals surface area contributed by atoms with Crippen molar-refractivity contribution in [1.82, 2.24) is 4.90 Å². The molecule has 0 aliphatic rings. The van der Waals surface area contributed by atoms with Gasteiger partial charge in [-0.15, -0.1) is 0 Å². The second-order valence-electron chi connectivity index (χ2n) is 6.60. The molecule has 5 heteroatoms. The van der Waals surface area contributed by atoms with Gasteiger partial charge in [-0.2, -0.15) is 0 Å². The van der Waals surface area contributed by atoms with Crippen LogP contribution in [0.3, 0.4) is 0 Å². The minimum atomic E-state index is -0.775. The van der Waals surface area contributed by atoms with Crippen molar-refractivity contribution in [2.24, 2.45) is 0 Å². The van der Waals surface area contributed by atoms with Crippen LogP contribution in [0.4, 0.5) is 0 Å². The van der Waals surface area contributed by atoms with E-state index in [1.165, 1.54) is 5.56 Å². The van der Waals surface area contributed by atoms with E-state index in [0.29, 0.717) is 23.5 Å².